The standard InChI is InChI=1S/C14H17NO2/c1-3-7-11-10-8-5-6-9-12(10)15-13(11)14(16)17-4-2/h5-6,8-9,15H,3-4,7H2,1-2H3. The minimum absolute atomic E-state index is 0.257. The second-order valence-electron chi connectivity index (χ2n) is 3.99. The zero-order valence-corrected chi connectivity index (χ0v) is 10.2. The highest BCUT2D eigenvalue weighted by molar-refractivity contribution is 5.98. The van der Waals surface area contributed by atoms with Crippen LogP contribution in [0, 0.1) is 0 Å². The van der Waals surface area contributed by atoms with Gasteiger partial charge in [0.2, 0.25) is 0 Å². The second-order valence-corrected chi connectivity index (χ2v) is 3.99. The first-order valence-electron chi connectivity index (χ1n) is 6.04. The second kappa shape index (κ2) is 5.04. The molecule has 17 heavy (non-hydrogen) atoms. The van der Waals surface area contributed by atoms with Crippen molar-refractivity contribution in [3.8, 4) is 0 Å². The van der Waals surface area contributed by atoms with Gasteiger partial charge in [-0.05, 0) is 25.0 Å². The van der Waals surface area contributed by atoms with Crippen LogP contribution in [0.5, 0.6) is 0 Å². The summed E-state index contributed by atoms with van der Waals surface area (Å²) in [5.41, 5.74) is 2.68. The number of aromatic amines is 1. The van der Waals surface area contributed by atoms with Crippen LogP contribution in [0.4, 0.5) is 0 Å². The van der Waals surface area contributed by atoms with Crippen molar-refractivity contribution in [1.29, 1.82) is 0 Å². The molecule has 1 aromatic carbocycles. The van der Waals surface area contributed by atoms with Gasteiger partial charge in [0.25, 0.3) is 0 Å². The molecule has 0 bridgehead atoms. The molecule has 2 rings (SSSR count). The van der Waals surface area contributed by atoms with Crippen molar-refractivity contribution in [3.05, 3.63) is 35.5 Å². The predicted octanol–water partition coefficient (Wildman–Crippen LogP) is 3.30. The maximum Gasteiger partial charge on any atom is 0.355 e. The Hall–Kier alpha value is -1.77. The normalized spacial score (nSPS) is 10.7. The van der Waals surface area contributed by atoms with E-state index >= 15 is 0 Å². The van der Waals surface area contributed by atoms with Gasteiger partial charge >= 0.3 is 5.97 Å². The summed E-state index contributed by atoms with van der Waals surface area (Å²) < 4.78 is 5.07. The van der Waals surface area contributed by atoms with E-state index in [4.69, 9.17) is 4.74 Å². The number of fused-ring (bicyclic) bond motifs is 1. The summed E-state index contributed by atoms with van der Waals surface area (Å²) in [5, 5.41) is 1.12. The number of esters is 1. The Bertz CT molecular complexity index is 528. The molecule has 3 heteroatoms. The summed E-state index contributed by atoms with van der Waals surface area (Å²) in [4.78, 5) is 15.0. The van der Waals surface area contributed by atoms with E-state index in [2.05, 4.69) is 11.9 Å². The van der Waals surface area contributed by atoms with Crippen LogP contribution < -0.4 is 0 Å². The van der Waals surface area contributed by atoms with Gasteiger partial charge in [0.1, 0.15) is 5.69 Å². The summed E-state index contributed by atoms with van der Waals surface area (Å²) in [7, 11) is 0. The first-order valence-corrected chi connectivity index (χ1v) is 6.04. The minimum Gasteiger partial charge on any atom is -0.461 e. The average Bonchev–Trinajstić information content (AvgIpc) is 2.70. The van der Waals surface area contributed by atoms with Gasteiger partial charge in [0.15, 0.2) is 0 Å². The van der Waals surface area contributed by atoms with Crippen LogP contribution in [0.3, 0.4) is 0 Å². The average molecular weight is 231 g/mol. The predicted molar refractivity (Wildman–Crippen MR) is 68.3 cm³/mol. The highest BCUT2D eigenvalue weighted by Crippen LogP contribution is 2.24. The number of hydrogen-bond donors (Lipinski definition) is 1. The molecule has 0 spiro atoms. The third-order valence-electron chi connectivity index (χ3n) is 2.79. The van der Waals surface area contributed by atoms with Gasteiger partial charge in [-0.25, -0.2) is 4.79 Å². The number of aromatic nitrogens is 1. The van der Waals surface area contributed by atoms with Gasteiger partial charge in [-0.15, -0.1) is 0 Å². The number of benzene rings is 1. The summed E-state index contributed by atoms with van der Waals surface area (Å²) in [6, 6.07) is 7.98. The summed E-state index contributed by atoms with van der Waals surface area (Å²) in [5.74, 6) is -0.257. The van der Waals surface area contributed by atoms with Crippen LogP contribution >= 0.6 is 0 Å². The van der Waals surface area contributed by atoms with Crippen LogP contribution in [0.15, 0.2) is 24.3 Å². The number of rotatable bonds is 4. The van der Waals surface area contributed by atoms with E-state index in [9.17, 15) is 4.79 Å². The lowest BCUT2D eigenvalue weighted by Gasteiger charge is -2.02. The Morgan fingerprint density at radius 3 is 2.76 bits per heavy atom. The van der Waals surface area contributed by atoms with E-state index in [1.165, 1.54) is 0 Å². The maximum atomic E-state index is 11.9. The molecule has 0 aliphatic carbocycles. The van der Waals surface area contributed by atoms with Crippen molar-refractivity contribution < 1.29 is 9.53 Å². The van der Waals surface area contributed by atoms with E-state index < -0.39 is 0 Å². The van der Waals surface area contributed by atoms with Crippen molar-refractivity contribution in [3.63, 3.8) is 0 Å². The number of aryl methyl sites for hydroxylation is 1. The van der Waals surface area contributed by atoms with Crippen molar-refractivity contribution in [2.75, 3.05) is 6.61 Å². The topological polar surface area (TPSA) is 42.1 Å². The van der Waals surface area contributed by atoms with E-state index in [-0.39, 0.29) is 5.97 Å². The molecule has 90 valence electrons. The first kappa shape index (κ1) is 11.7. The zero-order chi connectivity index (χ0) is 12.3. The summed E-state index contributed by atoms with van der Waals surface area (Å²) >= 11 is 0. The fraction of sp³-hybridized carbons (Fsp3) is 0.357. The SMILES string of the molecule is CCCc1c(C(=O)OCC)[nH]c2ccccc12. The van der Waals surface area contributed by atoms with Crippen LogP contribution in [0.2, 0.25) is 0 Å². The maximum absolute atomic E-state index is 11.9. The van der Waals surface area contributed by atoms with Gasteiger partial charge in [-0.2, -0.15) is 0 Å². The molecule has 0 amide bonds. The molecule has 0 radical (unpaired) electrons. The highest BCUT2D eigenvalue weighted by Gasteiger charge is 2.17. The number of hydrogen-bond acceptors (Lipinski definition) is 2. The van der Waals surface area contributed by atoms with Crippen LogP contribution in [0.25, 0.3) is 10.9 Å². The molecule has 1 aromatic heterocycles. The van der Waals surface area contributed by atoms with Crippen LogP contribution in [-0.4, -0.2) is 17.6 Å². The van der Waals surface area contributed by atoms with Gasteiger partial charge in [0.05, 0.1) is 6.61 Å². The Kier molecular flexibility index (Phi) is 3.47. The molecule has 0 unspecified atom stereocenters. The number of carbonyl (C=O) groups excluding carboxylic acids is 1. The van der Waals surface area contributed by atoms with Crippen molar-refractivity contribution in [1.82, 2.24) is 4.98 Å². The lowest BCUT2D eigenvalue weighted by atomic mass is 10.1. The molecular formula is C14H17NO2. The lowest BCUT2D eigenvalue weighted by molar-refractivity contribution is 0.0519. The third kappa shape index (κ3) is 2.18. The highest BCUT2D eigenvalue weighted by atomic mass is 16.5. The third-order valence-corrected chi connectivity index (χ3v) is 2.79. The zero-order valence-electron chi connectivity index (χ0n) is 10.2. The molecule has 2 aromatic rings. The Balaban J connectivity index is 2.53. The molecule has 0 fully saturated rings. The number of ether oxygens (including phenoxy) is 1. The number of nitrogens with one attached hydrogen (secondary N) is 1. The van der Waals surface area contributed by atoms with E-state index in [0.717, 1.165) is 29.3 Å². The number of para-hydroxylation sites is 1. The van der Waals surface area contributed by atoms with E-state index in [0.29, 0.717) is 12.3 Å². The molecule has 0 saturated heterocycles. The van der Waals surface area contributed by atoms with Crippen molar-refractivity contribution in [2.24, 2.45) is 0 Å². The fourth-order valence-corrected chi connectivity index (χ4v) is 2.09. The van der Waals surface area contributed by atoms with E-state index in [1.807, 2.05) is 31.2 Å². The van der Waals surface area contributed by atoms with Crippen molar-refractivity contribution in [2.45, 2.75) is 26.7 Å². The fourth-order valence-electron chi connectivity index (χ4n) is 2.09. The Morgan fingerprint density at radius 1 is 1.29 bits per heavy atom. The largest absolute Gasteiger partial charge is 0.461 e. The van der Waals surface area contributed by atoms with Gasteiger partial charge in [-0.1, -0.05) is 31.5 Å². The van der Waals surface area contributed by atoms with Gasteiger partial charge in [-0.3, -0.25) is 0 Å². The smallest absolute Gasteiger partial charge is 0.355 e. The van der Waals surface area contributed by atoms with Gasteiger partial charge < -0.3 is 9.72 Å². The number of H-pyrrole nitrogens is 1. The minimum atomic E-state index is -0.257. The van der Waals surface area contributed by atoms with Gasteiger partial charge in [0, 0.05) is 10.9 Å². The van der Waals surface area contributed by atoms with E-state index in [1.54, 1.807) is 0 Å². The molecule has 0 saturated carbocycles. The Labute approximate surface area is 101 Å². The molecule has 0 atom stereocenters. The molecule has 0 aliphatic rings. The number of carbonyl (C=O) groups is 1. The first-order chi connectivity index (χ1) is 8.27. The lowest BCUT2D eigenvalue weighted by Crippen LogP contribution is -2.07. The monoisotopic (exact) mass is 231 g/mol. The summed E-state index contributed by atoms with van der Waals surface area (Å²) in [6.07, 6.45) is 1.90. The molecule has 3 nitrogen and oxygen atoms in total. The molecule has 0 aliphatic heterocycles. The Morgan fingerprint density at radius 2 is 2.06 bits per heavy atom. The van der Waals surface area contributed by atoms with Crippen LogP contribution in [0.1, 0.15) is 36.3 Å². The molecule has 1 heterocycles. The molecule has 1 N–H and O–H groups in total. The summed E-state index contributed by atoms with van der Waals surface area (Å²) in [6.45, 7) is 4.33. The molecular weight excluding hydrogens is 214 g/mol. The van der Waals surface area contributed by atoms with Crippen molar-refractivity contribution >= 4 is 16.9 Å². The quantitative estimate of drug-likeness (QED) is 0.820. The van der Waals surface area contributed by atoms with Crippen LogP contribution in [-0.2, 0) is 11.2 Å².